The second-order valence-corrected chi connectivity index (χ2v) is 4.70. The predicted octanol–water partition coefficient (Wildman–Crippen LogP) is 3.34. The highest BCUT2D eigenvalue weighted by atomic mass is 16.6. The van der Waals surface area contributed by atoms with Gasteiger partial charge in [0, 0.05) is 23.4 Å². The minimum absolute atomic E-state index is 0.106. The molecule has 1 aliphatic carbocycles. The van der Waals surface area contributed by atoms with Gasteiger partial charge in [-0.3, -0.25) is 10.1 Å². The summed E-state index contributed by atoms with van der Waals surface area (Å²) in [6, 6.07) is 6.72. The fraction of sp³-hybridized carbons (Fsp3) is 0.500. The van der Waals surface area contributed by atoms with Gasteiger partial charge in [-0.2, -0.15) is 0 Å². The number of rotatable bonds is 3. The third-order valence-electron chi connectivity index (χ3n) is 3.21. The van der Waals surface area contributed by atoms with Crippen molar-refractivity contribution in [1.82, 2.24) is 0 Å². The summed E-state index contributed by atoms with van der Waals surface area (Å²) in [5, 5.41) is 14.1. The topological polar surface area (TPSA) is 55.2 Å². The molecule has 0 unspecified atom stereocenters. The van der Waals surface area contributed by atoms with Gasteiger partial charge in [0.25, 0.3) is 5.69 Å². The predicted molar refractivity (Wildman–Crippen MR) is 63.6 cm³/mol. The summed E-state index contributed by atoms with van der Waals surface area (Å²) in [6.07, 6.45) is 4.74. The Hall–Kier alpha value is -1.58. The first kappa shape index (κ1) is 10.9. The molecular weight excluding hydrogens is 204 g/mol. The van der Waals surface area contributed by atoms with Crippen LogP contribution in [0, 0.1) is 10.1 Å². The molecule has 0 aliphatic heterocycles. The maximum Gasteiger partial charge on any atom is 0.271 e. The maximum atomic E-state index is 10.6. The lowest BCUT2D eigenvalue weighted by Gasteiger charge is -2.26. The van der Waals surface area contributed by atoms with E-state index in [4.69, 9.17) is 0 Å². The van der Waals surface area contributed by atoms with Gasteiger partial charge in [-0.1, -0.05) is 18.9 Å². The summed E-state index contributed by atoms with van der Waals surface area (Å²) in [4.78, 5) is 10.3. The summed E-state index contributed by atoms with van der Waals surface area (Å²) in [5.74, 6) is 0. The molecule has 1 aromatic rings. The normalized spacial score (nSPS) is 18.3. The van der Waals surface area contributed by atoms with Gasteiger partial charge in [0.15, 0.2) is 0 Å². The summed E-state index contributed by atoms with van der Waals surface area (Å²) in [5.41, 5.74) is 1.10. The summed E-state index contributed by atoms with van der Waals surface area (Å²) in [7, 11) is 0. The molecule has 1 aromatic carbocycles. The lowest BCUT2D eigenvalue weighted by Crippen LogP contribution is -2.30. The second-order valence-electron chi connectivity index (χ2n) is 4.70. The van der Waals surface area contributed by atoms with Crippen molar-refractivity contribution in [2.75, 3.05) is 5.32 Å². The van der Waals surface area contributed by atoms with Gasteiger partial charge in [-0.15, -0.1) is 0 Å². The molecule has 0 radical (unpaired) electrons. The Balaban J connectivity index is 2.15. The zero-order valence-electron chi connectivity index (χ0n) is 9.40. The van der Waals surface area contributed by atoms with E-state index in [0.717, 1.165) is 18.5 Å². The largest absolute Gasteiger partial charge is 0.380 e. The van der Waals surface area contributed by atoms with E-state index in [-0.39, 0.29) is 16.1 Å². The van der Waals surface area contributed by atoms with E-state index < -0.39 is 0 Å². The highest BCUT2D eigenvalue weighted by Crippen LogP contribution is 2.33. The van der Waals surface area contributed by atoms with E-state index in [1.807, 2.05) is 6.07 Å². The van der Waals surface area contributed by atoms with Gasteiger partial charge in [0.05, 0.1) is 4.92 Å². The average molecular weight is 220 g/mol. The Morgan fingerprint density at radius 3 is 2.69 bits per heavy atom. The molecule has 0 amide bonds. The van der Waals surface area contributed by atoms with Gasteiger partial charge in [0.1, 0.15) is 0 Å². The van der Waals surface area contributed by atoms with Crippen LogP contribution >= 0.6 is 0 Å². The van der Waals surface area contributed by atoms with Crippen LogP contribution in [-0.2, 0) is 0 Å². The molecule has 1 fully saturated rings. The van der Waals surface area contributed by atoms with Gasteiger partial charge in [0.2, 0.25) is 0 Å². The molecule has 0 spiro atoms. The molecule has 86 valence electrons. The highest BCUT2D eigenvalue weighted by Gasteiger charge is 2.28. The van der Waals surface area contributed by atoms with E-state index in [0.29, 0.717) is 0 Å². The van der Waals surface area contributed by atoms with Crippen molar-refractivity contribution in [3.8, 4) is 0 Å². The number of benzene rings is 1. The number of nitrogens with zero attached hydrogens (tertiary/aromatic N) is 1. The van der Waals surface area contributed by atoms with Gasteiger partial charge >= 0.3 is 0 Å². The Morgan fingerprint density at radius 2 is 2.06 bits per heavy atom. The van der Waals surface area contributed by atoms with Crippen LogP contribution in [-0.4, -0.2) is 10.5 Å². The molecule has 4 nitrogen and oxygen atoms in total. The Morgan fingerprint density at radius 1 is 1.38 bits per heavy atom. The van der Waals surface area contributed by atoms with Crippen LogP contribution in [0.15, 0.2) is 24.3 Å². The van der Waals surface area contributed by atoms with Crippen LogP contribution in [0.25, 0.3) is 0 Å². The van der Waals surface area contributed by atoms with Crippen LogP contribution in [0.5, 0.6) is 0 Å². The van der Waals surface area contributed by atoms with Crippen molar-refractivity contribution in [2.24, 2.45) is 0 Å². The summed E-state index contributed by atoms with van der Waals surface area (Å²) >= 11 is 0. The van der Waals surface area contributed by atoms with E-state index in [1.165, 1.54) is 18.9 Å². The minimum atomic E-state index is -0.359. The van der Waals surface area contributed by atoms with E-state index in [2.05, 4.69) is 12.2 Å². The van der Waals surface area contributed by atoms with Crippen LogP contribution in [0.1, 0.15) is 32.6 Å². The summed E-state index contributed by atoms with van der Waals surface area (Å²) in [6.45, 7) is 2.18. The summed E-state index contributed by atoms with van der Waals surface area (Å²) < 4.78 is 0. The molecule has 1 N–H and O–H groups in total. The highest BCUT2D eigenvalue weighted by molar-refractivity contribution is 5.52. The molecule has 1 saturated carbocycles. The van der Waals surface area contributed by atoms with Crippen molar-refractivity contribution in [3.63, 3.8) is 0 Å². The standard InChI is InChI=1S/C12H16N2O2/c1-12(7-2-3-8-12)13-10-5-4-6-11(9-10)14(15)16/h4-6,9,13H,2-3,7-8H2,1H3. The fourth-order valence-corrected chi connectivity index (χ4v) is 2.33. The van der Waals surface area contributed by atoms with Crippen molar-refractivity contribution < 1.29 is 4.92 Å². The van der Waals surface area contributed by atoms with Crippen LogP contribution < -0.4 is 5.32 Å². The molecule has 0 heterocycles. The maximum absolute atomic E-state index is 10.6. The van der Waals surface area contributed by atoms with Crippen LogP contribution in [0.4, 0.5) is 11.4 Å². The number of nitro benzene ring substituents is 1. The van der Waals surface area contributed by atoms with Crippen molar-refractivity contribution in [3.05, 3.63) is 34.4 Å². The SMILES string of the molecule is CC1(Nc2cccc([N+](=O)[O-])c2)CCCC1. The number of anilines is 1. The second kappa shape index (κ2) is 4.12. The number of hydrogen-bond donors (Lipinski definition) is 1. The first-order chi connectivity index (χ1) is 7.59. The molecule has 4 heteroatoms. The van der Waals surface area contributed by atoms with Crippen molar-refractivity contribution >= 4 is 11.4 Å². The van der Waals surface area contributed by atoms with Crippen LogP contribution in [0.2, 0.25) is 0 Å². The third kappa shape index (κ3) is 2.32. The molecular formula is C12H16N2O2. The molecule has 2 rings (SSSR count). The molecule has 0 bridgehead atoms. The van der Waals surface area contributed by atoms with E-state index in [9.17, 15) is 10.1 Å². The van der Waals surface area contributed by atoms with Crippen LogP contribution in [0.3, 0.4) is 0 Å². The molecule has 0 atom stereocenters. The number of nitrogens with one attached hydrogen (secondary N) is 1. The lowest BCUT2D eigenvalue weighted by atomic mass is 10.0. The monoisotopic (exact) mass is 220 g/mol. The molecule has 1 aliphatic rings. The van der Waals surface area contributed by atoms with Gasteiger partial charge < -0.3 is 5.32 Å². The molecule has 16 heavy (non-hydrogen) atoms. The lowest BCUT2D eigenvalue weighted by molar-refractivity contribution is -0.384. The quantitative estimate of drug-likeness (QED) is 0.627. The minimum Gasteiger partial charge on any atom is -0.380 e. The Bertz CT molecular complexity index is 398. The van der Waals surface area contributed by atoms with Gasteiger partial charge in [-0.05, 0) is 25.8 Å². The zero-order chi connectivity index (χ0) is 11.6. The molecule has 0 aromatic heterocycles. The van der Waals surface area contributed by atoms with E-state index >= 15 is 0 Å². The first-order valence-electron chi connectivity index (χ1n) is 5.62. The third-order valence-corrected chi connectivity index (χ3v) is 3.21. The molecule has 0 saturated heterocycles. The number of hydrogen-bond acceptors (Lipinski definition) is 3. The number of non-ortho nitro benzene ring substituents is 1. The Labute approximate surface area is 94.8 Å². The fourth-order valence-electron chi connectivity index (χ4n) is 2.33. The van der Waals surface area contributed by atoms with Crippen molar-refractivity contribution in [2.45, 2.75) is 38.1 Å². The van der Waals surface area contributed by atoms with Gasteiger partial charge in [-0.25, -0.2) is 0 Å². The zero-order valence-corrected chi connectivity index (χ0v) is 9.40. The van der Waals surface area contributed by atoms with E-state index in [1.54, 1.807) is 12.1 Å². The van der Waals surface area contributed by atoms with Crippen molar-refractivity contribution in [1.29, 1.82) is 0 Å². The smallest absolute Gasteiger partial charge is 0.271 e. The Kier molecular flexibility index (Phi) is 2.81. The number of nitro groups is 1. The average Bonchev–Trinajstić information content (AvgIpc) is 2.65. The first-order valence-corrected chi connectivity index (χ1v) is 5.62.